The molecule has 0 radical (unpaired) electrons. The van der Waals surface area contributed by atoms with Gasteiger partial charge in [0.15, 0.2) is 0 Å². The second kappa shape index (κ2) is 9.43. The predicted octanol–water partition coefficient (Wildman–Crippen LogP) is 6.85. The van der Waals surface area contributed by atoms with Crippen molar-refractivity contribution in [3.8, 4) is 11.1 Å². The summed E-state index contributed by atoms with van der Waals surface area (Å²) in [6, 6.07) is 35.5. The predicted molar refractivity (Wildman–Crippen MR) is 123 cm³/mol. The summed E-state index contributed by atoms with van der Waals surface area (Å²) in [6.07, 6.45) is 0. The third kappa shape index (κ3) is 4.79. The molecule has 0 N–H and O–H groups in total. The Hall–Kier alpha value is -3.36. The molecule has 3 heteroatoms. The zero-order valence-electron chi connectivity index (χ0n) is 16.5. The molecule has 0 unspecified atom stereocenters. The van der Waals surface area contributed by atoms with Crippen LogP contribution in [0.5, 0.6) is 0 Å². The van der Waals surface area contributed by atoms with Crippen LogP contribution in [-0.2, 0) is 13.1 Å². The third-order valence-electron chi connectivity index (χ3n) is 5.01. The first kappa shape index (κ1) is 19.9. The standard InChI is InChI=1S/C27H22ClNO/c28-24-15-9-14-23(18-24)25-16-7-8-17-26(25)27(30)29(19-21-10-3-1-4-11-21)20-22-12-5-2-6-13-22/h1-18H,19-20H2. The Bertz CT molecular complexity index is 1080. The first-order valence-electron chi connectivity index (χ1n) is 9.93. The van der Waals surface area contributed by atoms with E-state index < -0.39 is 0 Å². The van der Waals surface area contributed by atoms with Crippen LogP contribution in [0.1, 0.15) is 21.5 Å². The molecular weight excluding hydrogens is 390 g/mol. The van der Waals surface area contributed by atoms with Gasteiger partial charge in [0.05, 0.1) is 0 Å². The van der Waals surface area contributed by atoms with E-state index in [1.54, 1.807) is 0 Å². The number of benzene rings is 4. The maximum atomic E-state index is 13.7. The van der Waals surface area contributed by atoms with Gasteiger partial charge >= 0.3 is 0 Å². The second-order valence-corrected chi connectivity index (χ2v) is 7.62. The summed E-state index contributed by atoms with van der Waals surface area (Å²) in [6.45, 7) is 1.08. The number of hydrogen-bond acceptors (Lipinski definition) is 1. The maximum absolute atomic E-state index is 13.7. The van der Waals surface area contributed by atoms with E-state index in [-0.39, 0.29) is 5.91 Å². The van der Waals surface area contributed by atoms with Crippen LogP contribution in [0.15, 0.2) is 109 Å². The number of rotatable bonds is 6. The number of amides is 1. The lowest BCUT2D eigenvalue weighted by Crippen LogP contribution is -2.30. The Labute approximate surface area is 182 Å². The van der Waals surface area contributed by atoms with Gasteiger partial charge < -0.3 is 4.90 Å². The molecule has 0 atom stereocenters. The summed E-state index contributed by atoms with van der Waals surface area (Å²) in [4.78, 5) is 15.6. The smallest absolute Gasteiger partial charge is 0.255 e. The Morgan fingerprint density at radius 2 is 1.23 bits per heavy atom. The molecule has 0 aliphatic rings. The number of hydrogen-bond donors (Lipinski definition) is 0. The van der Waals surface area contributed by atoms with Crippen molar-refractivity contribution in [1.82, 2.24) is 4.90 Å². The average Bonchev–Trinajstić information content (AvgIpc) is 2.79. The van der Waals surface area contributed by atoms with E-state index in [2.05, 4.69) is 0 Å². The zero-order valence-corrected chi connectivity index (χ0v) is 17.3. The summed E-state index contributed by atoms with van der Waals surface area (Å²) >= 11 is 6.21. The lowest BCUT2D eigenvalue weighted by molar-refractivity contribution is 0.0731. The summed E-state index contributed by atoms with van der Waals surface area (Å²) in [7, 11) is 0. The van der Waals surface area contributed by atoms with Crippen LogP contribution < -0.4 is 0 Å². The first-order valence-corrected chi connectivity index (χ1v) is 10.3. The number of nitrogens with zero attached hydrogens (tertiary/aromatic N) is 1. The second-order valence-electron chi connectivity index (χ2n) is 7.19. The quantitative estimate of drug-likeness (QED) is 0.339. The van der Waals surface area contributed by atoms with Crippen molar-refractivity contribution in [1.29, 1.82) is 0 Å². The molecular formula is C27H22ClNO. The Morgan fingerprint density at radius 3 is 1.83 bits per heavy atom. The topological polar surface area (TPSA) is 20.3 Å². The van der Waals surface area contributed by atoms with E-state index in [1.807, 2.05) is 114 Å². The van der Waals surface area contributed by atoms with E-state index in [9.17, 15) is 4.79 Å². The van der Waals surface area contributed by atoms with Crippen molar-refractivity contribution in [2.24, 2.45) is 0 Å². The molecule has 0 aliphatic heterocycles. The van der Waals surface area contributed by atoms with E-state index in [4.69, 9.17) is 11.6 Å². The van der Waals surface area contributed by atoms with Gasteiger partial charge in [-0.05, 0) is 40.5 Å². The van der Waals surface area contributed by atoms with E-state index in [0.717, 1.165) is 22.3 Å². The first-order chi connectivity index (χ1) is 14.7. The van der Waals surface area contributed by atoms with Crippen LogP contribution in [0.3, 0.4) is 0 Å². The lowest BCUT2D eigenvalue weighted by atomic mass is 9.98. The van der Waals surface area contributed by atoms with Gasteiger partial charge in [0.25, 0.3) is 5.91 Å². The summed E-state index contributed by atoms with van der Waals surface area (Å²) in [5.41, 5.74) is 4.69. The minimum absolute atomic E-state index is 0.00159. The van der Waals surface area contributed by atoms with Gasteiger partial charge in [0, 0.05) is 23.7 Å². The fourth-order valence-corrected chi connectivity index (χ4v) is 3.75. The minimum atomic E-state index is -0.00159. The van der Waals surface area contributed by atoms with Gasteiger partial charge in [0.2, 0.25) is 0 Å². The highest BCUT2D eigenvalue weighted by atomic mass is 35.5. The highest BCUT2D eigenvalue weighted by Crippen LogP contribution is 2.28. The SMILES string of the molecule is O=C(c1ccccc1-c1cccc(Cl)c1)N(Cc1ccccc1)Cc1ccccc1. The Balaban J connectivity index is 1.71. The van der Waals surface area contributed by atoms with Gasteiger partial charge in [-0.2, -0.15) is 0 Å². The maximum Gasteiger partial charge on any atom is 0.255 e. The van der Waals surface area contributed by atoms with Crippen LogP contribution in [0.4, 0.5) is 0 Å². The normalized spacial score (nSPS) is 10.6. The molecule has 0 bridgehead atoms. The highest BCUT2D eigenvalue weighted by Gasteiger charge is 2.20. The monoisotopic (exact) mass is 411 g/mol. The van der Waals surface area contributed by atoms with Crippen LogP contribution in [0.2, 0.25) is 5.02 Å². The molecule has 4 rings (SSSR count). The van der Waals surface area contributed by atoms with Gasteiger partial charge in [-0.1, -0.05) is 103 Å². The summed E-state index contributed by atoms with van der Waals surface area (Å²) in [5, 5.41) is 0.653. The van der Waals surface area contributed by atoms with Gasteiger partial charge in [-0.3, -0.25) is 4.79 Å². The third-order valence-corrected chi connectivity index (χ3v) is 5.25. The number of carbonyl (C=O) groups excluding carboxylic acids is 1. The van der Waals surface area contributed by atoms with Crippen molar-refractivity contribution in [3.05, 3.63) is 131 Å². The molecule has 4 aromatic carbocycles. The molecule has 0 aromatic heterocycles. The van der Waals surface area contributed by atoms with Crippen molar-refractivity contribution in [3.63, 3.8) is 0 Å². The van der Waals surface area contributed by atoms with Crippen molar-refractivity contribution in [2.45, 2.75) is 13.1 Å². The zero-order chi connectivity index (χ0) is 20.8. The molecule has 148 valence electrons. The average molecular weight is 412 g/mol. The van der Waals surface area contributed by atoms with E-state index in [0.29, 0.717) is 23.7 Å². The molecule has 0 saturated heterocycles. The Kier molecular flexibility index (Phi) is 6.26. The Morgan fingerprint density at radius 1 is 0.667 bits per heavy atom. The molecule has 0 spiro atoms. The van der Waals surface area contributed by atoms with Crippen LogP contribution >= 0.6 is 11.6 Å². The molecule has 0 aliphatic carbocycles. The molecule has 0 saturated carbocycles. The minimum Gasteiger partial charge on any atom is -0.330 e. The van der Waals surface area contributed by atoms with E-state index >= 15 is 0 Å². The molecule has 1 amide bonds. The fraction of sp³-hybridized carbons (Fsp3) is 0.0741. The van der Waals surface area contributed by atoms with Gasteiger partial charge in [-0.25, -0.2) is 0 Å². The van der Waals surface area contributed by atoms with Crippen molar-refractivity contribution >= 4 is 17.5 Å². The molecule has 4 aromatic rings. The number of halogens is 1. The molecule has 2 nitrogen and oxygen atoms in total. The summed E-state index contributed by atoms with van der Waals surface area (Å²) in [5.74, 6) is -0.00159. The molecule has 0 fully saturated rings. The van der Waals surface area contributed by atoms with Crippen molar-refractivity contribution < 1.29 is 4.79 Å². The van der Waals surface area contributed by atoms with Crippen LogP contribution in [-0.4, -0.2) is 10.8 Å². The molecule has 0 heterocycles. The lowest BCUT2D eigenvalue weighted by Gasteiger charge is -2.24. The van der Waals surface area contributed by atoms with Crippen molar-refractivity contribution in [2.75, 3.05) is 0 Å². The van der Waals surface area contributed by atoms with Gasteiger partial charge in [0.1, 0.15) is 0 Å². The van der Waals surface area contributed by atoms with Gasteiger partial charge in [-0.15, -0.1) is 0 Å². The van der Waals surface area contributed by atoms with Crippen LogP contribution in [0, 0.1) is 0 Å². The van der Waals surface area contributed by atoms with Crippen LogP contribution in [0.25, 0.3) is 11.1 Å². The molecule has 30 heavy (non-hydrogen) atoms. The largest absolute Gasteiger partial charge is 0.330 e. The summed E-state index contributed by atoms with van der Waals surface area (Å²) < 4.78 is 0. The fourth-order valence-electron chi connectivity index (χ4n) is 3.55. The highest BCUT2D eigenvalue weighted by molar-refractivity contribution is 6.30. The number of carbonyl (C=O) groups is 1. The van der Waals surface area contributed by atoms with E-state index in [1.165, 1.54) is 0 Å².